The molecule has 1 aliphatic carbocycles. The summed E-state index contributed by atoms with van der Waals surface area (Å²) in [6, 6.07) is 25.6. The van der Waals surface area contributed by atoms with Gasteiger partial charge in [-0.15, -0.1) is 0 Å². The van der Waals surface area contributed by atoms with Crippen LogP contribution in [0.15, 0.2) is 82.4 Å². The first-order valence-corrected chi connectivity index (χ1v) is 14.2. The van der Waals surface area contributed by atoms with Crippen molar-refractivity contribution in [2.24, 2.45) is 11.0 Å². The van der Waals surface area contributed by atoms with E-state index in [1.165, 1.54) is 17.5 Å². The normalized spacial score (nSPS) is 24.6. The number of hydrazone groups is 1. The van der Waals surface area contributed by atoms with Gasteiger partial charge in [-0.2, -0.15) is 5.10 Å². The summed E-state index contributed by atoms with van der Waals surface area (Å²) in [6.07, 6.45) is 4.51. The predicted molar refractivity (Wildman–Crippen MR) is 156 cm³/mol. The molecular weight excluding hydrogens is 540 g/mol. The van der Waals surface area contributed by atoms with Crippen LogP contribution in [-0.4, -0.2) is 29.9 Å². The standard InChI is InChI=1S/C31H33BrN4O2/c1-20-30(37)35-34-28-19-38-27-16-24(32)25(17-26(27)36(20)28)33-31(2)15-9-14-23(18-31)29(21-10-5-3-6-11-21)22-12-7-4-8-13-22/h3-8,10-13,16-17,20,23,29,33H,9,14-15,18-19H2,1-2H3,(H,35,37). The van der Waals surface area contributed by atoms with E-state index >= 15 is 0 Å². The highest BCUT2D eigenvalue weighted by atomic mass is 79.9. The summed E-state index contributed by atoms with van der Waals surface area (Å²) in [5.74, 6) is 2.22. The molecule has 196 valence electrons. The minimum Gasteiger partial charge on any atom is -0.483 e. The fourth-order valence-electron chi connectivity index (χ4n) is 6.46. The molecule has 3 aromatic rings. The maximum absolute atomic E-state index is 12.4. The number of rotatable bonds is 5. The Morgan fingerprint density at radius 3 is 2.47 bits per heavy atom. The summed E-state index contributed by atoms with van der Waals surface area (Å²) in [5.41, 5.74) is 7.15. The third-order valence-corrected chi connectivity index (χ3v) is 8.90. The van der Waals surface area contributed by atoms with Crippen LogP contribution in [0.1, 0.15) is 56.6 Å². The van der Waals surface area contributed by atoms with E-state index in [-0.39, 0.29) is 17.5 Å². The molecular formula is C31H33BrN4O2. The number of halogens is 1. The molecule has 0 spiro atoms. The van der Waals surface area contributed by atoms with Gasteiger partial charge in [-0.3, -0.25) is 4.79 Å². The summed E-state index contributed by atoms with van der Waals surface area (Å²) in [4.78, 5) is 14.4. The van der Waals surface area contributed by atoms with Crippen molar-refractivity contribution in [3.63, 3.8) is 0 Å². The van der Waals surface area contributed by atoms with Crippen LogP contribution in [0.5, 0.6) is 5.75 Å². The second-order valence-electron chi connectivity index (χ2n) is 11.0. The van der Waals surface area contributed by atoms with E-state index in [9.17, 15) is 4.79 Å². The van der Waals surface area contributed by atoms with Crippen LogP contribution in [0.2, 0.25) is 0 Å². The number of amidine groups is 1. The van der Waals surface area contributed by atoms with Gasteiger partial charge in [0.25, 0.3) is 5.91 Å². The van der Waals surface area contributed by atoms with E-state index in [0.29, 0.717) is 18.4 Å². The van der Waals surface area contributed by atoms with E-state index in [4.69, 9.17) is 4.74 Å². The molecule has 6 rings (SSSR count). The summed E-state index contributed by atoms with van der Waals surface area (Å²) < 4.78 is 6.95. The Bertz CT molecular complexity index is 1320. The largest absolute Gasteiger partial charge is 0.483 e. The number of benzene rings is 3. The number of nitrogens with zero attached hydrogens (tertiary/aromatic N) is 2. The first-order chi connectivity index (χ1) is 18.4. The maximum Gasteiger partial charge on any atom is 0.262 e. The molecule has 38 heavy (non-hydrogen) atoms. The molecule has 6 nitrogen and oxygen atoms in total. The van der Waals surface area contributed by atoms with Crippen LogP contribution in [0, 0.1) is 5.92 Å². The summed E-state index contributed by atoms with van der Waals surface area (Å²) in [6.45, 7) is 4.57. The molecule has 1 amide bonds. The third kappa shape index (κ3) is 4.68. The van der Waals surface area contributed by atoms with Crippen molar-refractivity contribution >= 4 is 39.0 Å². The molecule has 7 heteroatoms. The number of amides is 1. The summed E-state index contributed by atoms with van der Waals surface area (Å²) >= 11 is 3.79. The van der Waals surface area contributed by atoms with Gasteiger partial charge < -0.3 is 15.0 Å². The maximum atomic E-state index is 12.4. The van der Waals surface area contributed by atoms with Crippen molar-refractivity contribution in [3.05, 3.63) is 88.4 Å². The number of anilines is 2. The lowest BCUT2D eigenvalue weighted by Gasteiger charge is -2.43. The van der Waals surface area contributed by atoms with Crippen molar-refractivity contribution in [1.29, 1.82) is 0 Å². The Morgan fingerprint density at radius 2 is 1.79 bits per heavy atom. The van der Waals surface area contributed by atoms with Crippen molar-refractivity contribution < 1.29 is 9.53 Å². The zero-order valence-corrected chi connectivity index (χ0v) is 23.4. The smallest absolute Gasteiger partial charge is 0.262 e. The van der Waals surface area contributed by atoms with Crippen molar-refractivity contribution in [1.82, 2.24) is 5.43 Å². The number of hydrogen-bond donors (Lipinski definition) is 2. The SMILES string of the molecule is CC1C(=O)NN=C2COc3cc(Br)c(NC4(C)CCCC(C(c5ccccc5)c5ccccc5)C4)cc3N21. The summed E-state index contributed by atoms with van der Waals surface area (Å²) in [5, 5.41) is 8.15. The summed E-state index contributed by atoms with van der Waals surface area (Å²) in [7, 11) is 0. The zero-order valence-electron chi connectivity index (χ0n) is 21.8. The lowest BCUT2D eigenvalue weighted by Crippen LogP contribution is -2.55. The number of nitrogens with one attached hydrogen (secondary N) is 2. The van der Waals surface area contributed by atoms with Gasteiger partial charge in [0, 0.05) is 15.9 Å². The molecule has 1 saturated carbocycles. The number of fused-ring (bicyclic) bond motifs is 3. The molecule has 3 atom stereocenters. The molecule has 3 aromatic carbocycles. The average molecular weight is 574 g/mol. The van der Waals surface area contributed by atoms with E-state index < -0.39 is 0 Å². The molecule has 3 aliphatic rings. The van der Waals surface area contributed by atoms with E-state index in [1.54, 1.807) is 0 Å². The van der Waals surface area contributed by atoms with Crippen LogP contribution in [0.3, 0.4) is 0 Å². The van der Waals surface area contributed by atoms with Crippen LogP contribution >= 0.6 is 15.9 Å². The highest BCUT2D eigenvalue weighted by Gasteiger charge is 2.39. The topological polar surface area (TPSA) is 66.0 Å². The molecule has 0 radical (unpaired) electrons. The number of carbonyl (C=O) groups excluding carboxylic acids is 1. The molecule has 2 N–H and O–H groups in total. The average Bonchev–Trinajstić information content (AvgIpc) is 2.92. The van der Waals surface area contributed by atoms with E-state index in [2.05, 4.69) is 105 Å². The van der Waals surface area contributed by atoms with Gasteiger partial charge >= 0.3 is 0 Å². The fourth-order valence-corrected chi connectivity index (χ4v) is 6.88. The van der Waals surface area contributed by atoms with Crippen LogP contribution in [-0.2, 0) is 4.79 Å². The second kappa shape index (κ2) is 10.1. The Hall–Kier alpha value is -3.32. The fraction of sp³-hybridized carbons (Fsp3) is 0.355. The Balaban J connectivity index is 1.30. The highest BCUT2D eigenvalue weighted by Crippen LogP contribution is 2.47. The van der Waals surface area contributed by atoms with Gasteiger partial charge in [0.05, 0.1) is 11.4 Å². The van der Waals surface area contributed by atoms with Gasteiger partial charge in [0.2, 0.25) is 0 Å². The van der Waals surface area contributed by atoms with Gasteiger partial charge in [0.1, 0.15) is 18.4 Å². The monoisotopic (exact) mass is 572 g/mol. The first-order valence-electron chi connectivity index (χ1n) is 13.4. The minimum absolute atomic E-state index is 0.0845. The number of carbonyl (C=O) groups is 1. The molecule has 0 bridgehead atoms. The third-order valence-electron chi connectivity index (χ3n) is 8.25. The molecule has 3 unspecified atom stereocenters. The van der Waals surface area contributed by atoms with Crippen molar-refractivity contribution in [2.75, 3.05) is 16.8 Å². The molecule has 0 aromatic heterocycles. The lowest BCUT2D eigenvalue weighted by atomic mass is 9.68. The molecule has 2 heterocycles. The minimum atomic E-state index is -0.355. The number of ether oxygens (including phenoxy) is 1. The van der Waals surface area contributed by atoms with Crippen molar-refractivity contribution in [2.45, 2.75) is 57.0 Å². The lowest BCUT2D eigenvalue weighted by molar-refractivity contribution is -0.122. The van der Waals surface area contributed by atoms with E-state index in [1.807, 2.05) is 17.9 Å². The Kier molecular flexibility index (Phi) is 6.64. The van der Waals surface area contributed by atoms with Crippen LogP contribution in [0.4, 0.5) is 11.4 Å². The van der Waals surface area contributed by atoms with Gasteiger partial charge in [0.15, 0.2) is 5.84 Å². The van der Waals surface area contributed by atoms with Crippen molar-refractivity contribution in [3.8, 4) is 5.75 Å². The number of hydrogen-bond acceptors (Lipinski definition) is 5. The molecule has 2 aliphatic heterocycles. The zero-order chi connectivity index (χ0) is 26.3. The van der Waals surface area contributed by atoms with Gasteiger partial charge in [-0.05, 0) is 78.2 Å². The van der Waals surface area contributed by atoms with Crippen LogP contribution in [0.25, 0.3) is 0 Å². The molecule has 0 saturated heterocycles. The Labute approximate surface area is 232 Å². The van der Waals surface area contributed by atoms with Gasteiger partial charge in [-0.1, -0.05) is 67.1 Å². The van der Waals surface area contributed by atoms with E-state index in [0.717, 1.165) is 46.7 Å². The molecule has 1 fully saturated rings. The Morgan fingerprint density at radius 1 is 1.11 bits per heavy atom. The first kappa shape index (κ1) is 25.0. The van der Waals surface area contributed by atoms with Crippen LogP contribution < -0.4 is 20.4 Å². The van der Waals surface area contributed by atoms with Gasteiger partial charge in [-0.25, -0.2) is 5.43 Å². The second-order valence-corrected chi connectivity index (χ2v) is 11.8. The highest BCUT2D eigenvalue weighted by molar-refractivity contribution is 9.10. The quantitative estimate of drug-likeness (QED) is 0.358. The predicted octanol–water partition coefficient (Wildman–Crippen LogP) is 6.67.